The Morgan fingerprint density at radius 2 is 1.25 bits per heavy atom. The summed E-state index contributed by atoms with van der Waals surface area (Å²) >= 11 is 0. The van der Waals surface area contributed by atoms with Crippen LogP contribution in [-0.2, 0) is 0 Å². The summed E-state index contributed by atoms with van der Waals surface area (Å²) in [6.45, 7) is 23.8. The summed E-state index contributed by atoms with van der Waals surface area (Å²) in [5, 5.41) is 0. The van der Waals surface area contributed by atoms with Crippen LogP contribution in [0.2, 0.25) is 0 Å². The second-order valence-corrected chi connectivity index (χ2v) is 8.66. The molecule has 2 heteroatoms. The summed E-state index contributed by atoms with van der Waals surface area (Å²) in [6.07, 6.45) is 2.39. The maximum absolute atomic E-state index is 4.67. The van der Waals surface area contributed by atoms with E-state index in [-0.39, 0.29) is 0 Å². The zero-order valence-corrected chi connectivity index (χ0v) is 15.7. The van der Waals surface area contributed by atoms with Crippen molar-refractivity contribution in [1.82, 2.24) is 4.90 Å². The lowest BCUT2D eigenvalue weighted by Crippen LogP contribution is -2.46. The molecule has 0 saturated heterocycles. The number of hydrogen-bond donors (Lipinski definition) is 0. The Labute approximate surface area is 128 Å². The highest BCUT2D eigenvalue weighted by Crippen LogP contribution is 2.29. The average molecular weight is 283 g/mol. The van der Waals surface area contributed by atoms with Crippen LogP contribution in [0.15, 0.2) is 4.99 Å². The Kier molecular flexibility index (Phi) is 7.27. The first-order valence-corrected chi connectivity index (χ1v) is 8.17. The second-order valence-electron chi connectivity index (χ2n) is 8.66. The third kappa shape index (κ3) is 7.91. The van der Waals surface area contributed by atoms with Gasteiger partial charge >= 0.3 is 0 Å². The molecule has 0 rings (SSSR count). The predicted octanol–water partition coefficient (Wildman–Crippen LogP) is 5.38. The molecule has 0 heterocycles. The molecule has 0 aliphatic carbocycles. The first-order chi connectivity index (χ1) is 8.87. The molecule has 0 aliphatic rings. The van der Waals surface area contributed by atoms with Crippen LogP contribution in [0.5, 0.6) is 0 Å². The largest absolute Gasteiger partial charge is 0.355 e. The van der Waals surface area contributed by atoms with Crippen molar-refractivity contribution in [3.8, 4) is 0 Å². The molecule has 0 aliphatic heterocycles. The van der Waals surface area contributed by atoms with Gasteiger partial charge in [0.25, 0.3) is 0 Å². The van der Waals surface area contributed by atoms with Gasteiger partial charge in [0.1, 0.15) is 0 Å². The van der Waals surface area contributed by atoms with Crippen LogP contribution in [-0.4, -0.2) is 29.4 Å². The van der Waals surface area contributed by atoms with Gasteiger partial charge in [-0.05, 0) is 51.4 Å². The fourth-order valence-electron chi connectivity index (χ4n) is 3.35. The van der Waals surface area contributed by atoms with Crippen molar-refractivity contribution in [3.05, 3.63) is 0 Å². The molecule has 0 bridgehead atoms. The Hall–Kier alpha value is -0.530. The topological polar surface area (TPSA) is 15.6 Å². The zero-order chi connectivity index (χ0) is 16.1. The number of amidine groups is 1. The van der Waals surface area contributed by atoms with Crippen LogP contribution >= 0.6 is 0 Å². The highest BCUT2D eigenvalue weighted by molar-refractivity contribution is 5.80. The fraction of sp³-hybridized carbons (Fsp3) is 0.944. The molecule has 2 nitrogen and oxygen atoms in total. The van der Waals surface area contributed by atoms with Crippen molar-refractivity contribution in [3.63, 3.8) is 0 Å². The Morgan fingerprint density at radius 1 is 0.900 bits per heavy atom. The minimum Gasteiger partial charge on any atom is -0.355 e. The molecule has 0 aromatic carbocycles. The molecule has 0 amide bonds. The highest BCUT2D eigenvalue weighted by Gasteiger charge is 2.27. The zero-order valence-electron chi connectivity index (χ0n) is 15.7. The summed E-state index contributed by atoms with van der Waals surface area (Å²) in [5.41, 5.74) is 0.706. The monoisotopic (exact) mass is 282 g/mol. The van der Waals surface area contributed by atoms with E-state index in [4.69, 9.17) is 0 Å². The molecule has 0 N–H and O–H groups in total. The predicted molar refractivity (Wildman–Crippen MR) is 92.6 cm³/mol. The van der Waals surface area contributed by atoms with Gasteiger partial charge in [0.2, 0.25) is 0 Å². The maximum atomic E-state index is 4.67. The molecule has 0 spiro atoms. The van der Waals surface area contributed by atoms with Gasteiger partial charge in [-0.25, -0.2) is 0 Å². The van der Waals surface area contributed by atoms with Crippen molar-refractivity contribution >= 4 is 5.84 Å². The molecule has 2 atom stereocenters. The van der Waals surface area contributed by atoms with E-state index in [0.717, 1.165) is 6.54 Å². The van der Waals surface area contributed by atoms with Crippen LogP contribution < -0.4 is 0 Å². The van der Waals surface area contributed by atoms with Crippen molar-refractivity contribution in [1.29, 1.82) is 0 Å². The lowest BCUT2D eigenvalue weighted by atomic mass is 9.85. The number of hydrogen-bond acceptors (Lipinski definition) is 1. The average Bonchev–Trinajstić information content (AvgIpc) is 2.11. The minimum absolute atomic E-state index is 0.353. The molecule has 0 aromatic heterocycles. The van der Waals surface area contributed by atoms with Crippen molar-refractivity contribution in [2.24, 2.45) is 15.8 Å². The lowest BCUT2D eigenvalue weighted by molar-refractivity contribution is 0.163. The molecule has 2 unspecified atom stereocenters. The number of rotatable bonds is 5. The van der Waals surface area contributed by atoms with Crippen LogP contribution in [0.4, 0.5) is 0 Å². The third-order valence-electron chi connectivity index (χ3n) is 3.53. The smallest absolute Gasteiger partial charge is 0.0962 e. The lowest BCUT2D eigenvalue weighted by Gasteiger charge is -2.41. The summed E-state index contributed by atoms with van der Waals surface area (Å²) in [4.78, 5) is 7.21. The summed E-state index contributed by atoms with van der Waals surface area (Å²) in [5.74, 6) is 1.20. The Bertz CT molecular complexity index is 282. The Morgan fingerprint density at radius 3 is 1.50 bits per heavy atom. The molecule has 120 valence electrons. The fourth-order valence-corrected chi connectivity index (χ4v) is 3.35. The van der Waals surface area contributed by atoms with Gasteiger partial charge in [-0.2, -0.15) is 0 Å². The van der Waals surface area contributed by atoms with Crippen molar-refractivity contribution in [2.75, 3.05) is 6.54 Å². The molecule has 0 fully saturated rings. The van der Waals surface area contributed by atoms with E-state index in [1.807, 2.05) is 0 Å². The molecule has 0 aromatic rings. The van der Waals surface area contributed by atoms with Crippen LogP contribution in [0.3, 0.4) is 0 Å². The van der Waals surface area contributed by atoms with E-state index in [0.29, 0.717) is 22.9 Å². The van der Waals surface area contributed by atoms with Gasteiger partial charge in [-0.1, -0.05) is 41.5 Å². The van der Waals surface area contributed by atoms with Gasteiger partial charge in [0.05, 0.1) is 5.84 Å². The molecule has 0 saturated carbocycles. The summed E-state index contributed by atoms with van der Waals surface area (Å²) < 4.78 is 0. The van der Waals surface area contributed by atoms with Gasteiger partial charge in [0, 0.05) is 18.6 Å². The quantitative estimate of drug-likeness (QED) is 0.488. The van der Waals surface area contributed by atoms with Gasteiger partial charge in [0.15, 0.2) is 0 Å². The van der Waals surface area contributed by atoms with Crippen LogP contribution in [0.1, 0.15) is 82.1 Å². The second kappa shape index (κ2) is 7.47. The van der Waals surface area contributed by atoms with Crippen LogP contribution in [0.25, 0.3) is 0 Å². The van der Waals surface area contributed by atoms with Crippen molar-refractivity contribution < 1.29 is 0 Å². The SMILES string of the molecule is CCN=C(C)N(C(C)CC(C)(C)C)C(C)CC(C)(C)C. The van der Waals surface area contributed by atoms with E-state index in [1.54, 1.807) is 0 Å². The van der Waals surface area contributed by atoms with E-state index in [2.05, 4.69) is 79.1 Å². The Balaban J connectivity index is 5.13. The van der Waals surface area contributed by atoms with E-state index < -0.39 is 0 Å². The summed E-state index contributed by atoms with van der Waals surface area (Å²) in [7, 11) is 0. The standard InChI is InChI=1S/C18H38N2/c1-11-19-16(4)20(14(2)12-17(5,6)7)15(3)13-18(8,9)10/h14-15H,11-13H2,1-10H3. The first-order valence-electron chi connectivity index (χ1n) is 8.17. The molecular formula is C18H38N2. The molecule has 20 heavy (non-hydrogen) atoms. The van der Waals surface area contributed by atoms with Crippen LogP contribution in [0, 0.1) is 10.8 Å². The van der Waals surface area contributed by atoms with E-state index in [9.17, 15) is 0 Å². The van der Waals surface area contributed by atoms with Gasteiger partial charge in [-0.3, -0.25) is 4.99 Å². The summed E-state index contributed by atoms with van der Waals surface area (Å²) in [6, 6.07) is 1.06. The maximum Gasteiger partial charge on any atom is 0.0962 e. The number of nitrogens with zero attached hydrogens (tertiary/aromatic N) is 2. The molecule has 0 radical (unpaired) electrons. The third-order valence-corrected chi connectivity index (χ3v) is 3.53. The highest BCUT2D eigenvalue weighted by atomic mass is 15.2. The molecular weight excluding hydrogens is 244 g/mol. The first kappa shape index (κ1) is 19.5. The van der Waals surface area contributed by atoms with E-state index in [1.165, 1.54) is 18.7 Å². The normalized spacial score (nSPS) is 17.0. The van der Waals surface area contributed by atoms with Crippen molar-refractivity contribution in [2.45, 2.75) is 94.2 Å². The number of aliphatic imine (C=N–C) groups is 1. The van der Waals surface area contributed by atoms with Gasteiger partial charge < -0.3 is 4.90 Å². The van der Waals surface area contributed by atoms with E-state index >= 15 is 0 Å². The minimum atomic E-state index is 0.353. The van der Waals surface area contributed by atoms with Gasteiger partial charge in [-0.15, -0.1) is 0 Å².